The van der Waals surface area contributed by atoms with Crippen LogP contribution in [0.4, 0.5) is 5.69 Å². The number of carbonyl (C=O) groups is 2. The molecule has 0 saturated heterocycles. The Morgan fingerprint density at radius 2 is 2.07 bits per heavy atom. The number of carbonyl (C=O) groups excluding carboxylic acids is 2. The summed E-state index contributed by atoms with van der Waals surface area (Å²) in [5, 5.41) is 9.77. The Morgan fingerprint density at radius 3 is 2.60 bits per heavy atom. The molecule has 0 aliphatic heterocycles. The van der Waals surface area contributed by atoms with Crippen molar-refractivity contribution in [3.05, 3.63) is 29.8 Å². The summed E-state index contributed by atoms with van der Waals surface area (Å²) in [7, 11) is 1.26. The number of hydrogen-bond acceptors (Lipinski definition) is 4. The zero-order valence-corrected chi connectivity index (χ0v) is 8.43. The van der Waals surface area contributed by atoms with E-state index in [1.807, 2.05) is 0 Å². The minimum Gasteiger partial charge on any atom is -0.465 e. The van der Waals surface area contributed by atoms with E-state index in [1.165, 1.54) is 32.2 Å². The highest BCUT2D eigenvalue weighted by molar-refractivity contribution is 5.93. The van der Waals surface area contributed by atoms with E-state index in [0.29, 0.717) is 5.06 Å². The van der Waals surface area contributed by atoms with Gasteiger partial charge >= 0.3 is 5.97 Å². The van der Waals surface area contributed by atoms with Gasteiger partial charge < -0.3 is 4.74 Å². The summed E-state index contributed by atoms with van der Waals surface area (Å²) in [4.78, 5) is 22.0. The van der Waals surface area contributed by atoms with Crippen molar-refractivity contribution in [1.82, 2.24) is 0 Å². The fraction of sp³-hybridized carbons (Fsp3) is 0.200. The third-order valence-electron chi connectivity index (χ3n) is 1.81. The maximum atomic E-state index is 11.2. The Hall–Kier alpha value is -1.88. The van der Waals surface area contributed by atoms with E-state index in [2.05, 4.69) is 4.74 Å². The van der Waals surface area contributed by atoms with Crippen molar-refractivity contribution in [3.8, 4) is 0 Å². The molecule has 0 bridgehead atoms. The topological polar surface area (TPSA) is 66.8 Å². The van der Waals surface area contributed by atoms with Gasteiger partial charge in [0.15, 0.2) is 0 Å². The van der Waals surface area contributed by atoms with Crippen molar-refractivity contribution in [3.63, 3.8) is 0 Å². The lowest BCUT2D eigenvalue weighted by molar-refractivity contribution is -0.121. The van der Waals surface area contributed by atoms with E-state index in [0.717, 1.165) is 0 Å². The average molecular weight is 209 g/mol. The Morgan fingerprint density at radius 1 is 1.40 bits per heavy atom. The summed E-state index contributed by atoms with van der Waals surface area (Å²) in [6.45, 7) is 1.21. The predicted molar refractivity (Wildman–Crippen MR) is 52.7 cm³/mol. The van der Waals surface area contributed by atoms with Crippen LogP contribution in [0.1, 0.15) is 17.3 Å². The SMILES string of the molecule is COC(=O)c1cccc(N(O)C(C)=O)c1. The maximum absolute atomic E-state index is 11.2. The second kappa shape index (κ2) is 4.56. The summed E-state index contributed by atoms with van der Waals surface area (Å²) >= 11 is 0. The minimum absolute atomic E-state index is 0.227. The molecule has 0 aromatic heterocycles. The summed E-state index contributed by atoms with van der Waals surface area (Å²) < 4.78 is 4.51. The second-order valence-corrected chi connectivity index (χ2v) is 2.87. The number of methoxy groups -OCH3 is 1. The molecule has 0 aliphatic rings. The van der Waals surface area contributed by atoms with Crippen LogP contribution in [0.3, 0.4) is 0 Å². The lowest BCUT2D eigenvalue weighted by atomic mass is 10.2. The van der Waals surface area contributed by atoms with Crippen molar-refractivity contribution < 1.29 is 19.5 Å². The number of hydrogen-bond donors (Lipinski definition) is 1. The quantitative estimate of drug-likeness (QED) is 0.451. The first-order chi connectivity index (χ1) is 7.06. The first kappa shape index (κ1) is 11.2. The molecule has 0 spiro atoms. The van der Waals surface area contributed by atoms with Crippen molar-refractivity contribution in [2.24, 2.45) is 0 Å². The molecule has 0 saturated carbocycles. The minimum atomic E-state index is -0.531. The highest BCUT2D eigenvalue weighted by Crippen LogP contribution is 2.15. The van der Waals surface area contributed by atoms with Gasteiger partial charge in [0, 0.05) is 6.92 Å². The van der Waals surface area contributed by atoms with Crippen molar-refractivity contribution >= 4 is 17.6 Å². The van der Waals surface area contributed by atoms with Gasteiger partial charge in [-0.3, -0.25) is 10.0 Å². The molecule has 80 valence electrons. The molecular weight excluding hydrogens is 198 g/mol. The van der Waals surface area contributed by atoms with Crippen LogP contribution in [-0.4, -0.2) is 24.2 Å². The normalized spacial score (nSPS) is 9.53. The van der Waals surface area contributed by atoms with Gasteiger partial charge in [-0.25, -0.2) is 4.79 Å². The Labute approximate surface area is 86.8 Å². The first-order valence-electron chi connectivity index (χ1n) is 4.24. The number of amides is 1. The fourth-order valence-corrected chi connectivity index (χ4v) is 1.06. The molecule has 0 atom stereocenters. The van der Waals surface area contributed by atoms with Gasteiger partial charge in [0.1, 0.15) is 0 Å². The highest BCUT2D eigenvalue weighted by atomic mass is 16.5. The number of benzene rings is 1. The molecule has 5 nitrogen and oxygen atoms in total. The van der Waals surface area contributed by atoms with Crippen LogP contribution < -0.4 is 5.06 Å². The van der Waals surface area contributed by atoms with Gasteiger partial charge in [-0.15, -0.1) is 0 Å². The van der Waals surface area contributed by atoms with Gasteiger partial charge in [-0.1, -0.05) is 6.07 Å². The van der Waals surface area contributed by atoms with Crippen molar-refractivity contribution in [1.29, 1.82) is 0 Å². The van der Waals surface area contributed by atoms with Crippen LogP contribution in [0.2, 0.25) is 0 Å². The van der Waals surface area contributed by atoms with Gasteiger partial charge in [-0.2, -0.15) is 5.06 Å². The highest BCUT2D eigenvalue weighted by Gasteiger charge is 2.11. The molecule has 5 heteroatoms. The molecule has 1 amide bonds. The summed E-state index contributed by atoms with van der Waals surface area (Å²) in [6.07, 6.45) is 0. The van der Waals surface area contributed by atoms with Crippen molar-refractivity contribution in [2.75, 3.05) is 12.2 Å². The molecule has 1 aromatic rings. The van der Waals surface area contributed by atoms with Crippen molar-refractivity contribution in [2.45, 2.75) is 6.92 Å². The molecule has 15 heavy (non-hydrogen) atoms. The molecule has 1 rings (SSSR count). The number of hydroxylamine groups is 1. The van der Waals surface area contributed by atoms with Crippen LogP contribution in [0.15, 0.2) is 24.3 Å². The van der Waals surface area contributed by atoms with Crippen LogP contribution in [0.5, 0.6) is 0 Å². The van der Waals surface area contributed by atoms with E-state index in [1.54, 1.807) is 6.07 Å². The van der Waals surface area contributed by atoms with E-state index in [4.69, 9.17) is 0 Å². The summed E-state index contributed by atoms with van der Waals surface area (Å²) in [5.74, 6) is -1.05. The third-order valence-corrected chi connectivity index (χ3v) is 1.81. The molecule has 0 fully saturated rings. The smallest absolute Gasteiger partial charge is 0.337 e. The maximum Gasteiger partial charge on any atom is 0.337 e. The van der Waals surface area contributed by atoms with Crippen LogP contribution in [-0.2, 0) is 9.53 Å². The molecule has 1 aromatic carbocycles. The monoisotopic (exact) mass is 209 g/mol. The molecular formula is C10H11NO4. The fourth-order valence-electron chi connectivity index (χ4n) is 1.06. The Balaban J connectivity index is 3.02. The molecule has 0 aliphatic carbocycles. The standard InChI is InChI=1S/C10H11NO4/c1-7(12)11(14)9-5-3-4-8(6-9)10(13)15-2/h3-6,14H,1-2H3. The van der Waals surface area contributed by atoms with Gasteiger partial charge in [0.05, 0.1) is 18.4 Å². The Bertz CT molecular complexity index is 389. The first-order valence-corrected chi connectivity index (χ1v) is 4.24. The number of nitrogens with zero attached hydrogens (tertiary/aromatic N) is 1. The number of anilines is 1. The largest absolute Gasteiger partial charge is 0.465 e. The molecule has 0 radical (unpaired) electrons. The summed E-state index contributed by atoms with van der Waals surface area (Å²) in [5.41, 5.74) is 0.501. The van der Waals surface area contributed by atoms with Gasteiger partial charge in [-0.05, 0) is 18.2 Å². The van der Waals surface area contributed by atoms with Crippen LogP contribution >= 0.6 is 0 Å². The number of ether oxygens (including phenoxy) is 1. The van der Waals surface area contributed by atoms with E-state index in [-0.39, 0.29) is 11.3 Å². The van der Waals surface area contributed by atoms with E-state index < -0.39 is 11.9 Å². The predicted octanol–water partition coefficient (Wildman–Crippen LogP) is 1.22. The van der Waals surface area contributed by atoms with Gasteiger partial charge in [0.2, 0.25) is 5.91 Å². The zero-order chi connectivity index (χ0) is 11.4. The summed E-state index contributed by atoms with van der Waals surface area (Å²) in [6, 6.07) is 5.96. The van der Waals surface area contributed by atoms with Crippen LogP contribution in [0, 0.1) is 0 Å². The third kappa shape index (κ3) is 2.54. The lowest BCUT2D eigenvalue weighted by Crippen LogP contribution is -2.23. The van der Waals surface area contributed by atoms with Gasteiger partial charge in [0.25, 0.3) is 0 Å². The molecule has 0 heterocycles. The lowest BCUT2D eigenvalue weighted by Gasteiger charge is -2.12. The molecule has 0 unspecified atom stereocenters. The van der Waals surface area contributed by atoms with E-state index in [9.17, 15) is 14.8 Å². The second-order valence-electron chi connectivity index (χ2n) is 2.87. The van der Waals surface area contributed by atoms with E-state index >= 15 is 0 Å². The number of esters is 1. The molecule has 1 N–H and O–H groups in total. The average Bonchev–Trinajstić information content (AvgIpc) is 2.27. The zero-order valence-electron chi connectivity index (χ0n) is 8.43. The Kier molecular flexibility index (Phi) is 3.41. The van der Waals surface area contributed by atoms with Crippen LogP contribution in [0.25, 0.3) is 0 Å². The number of rotatable bonds is 2.